The van der Waals surface area contributed by atoms with E-state index in [9.17, 15) is 4.79 Å². The Labute approximate surface area is 238 Å². The highest BCUT2D eigenvalue weighted by molar-refractivity contribution is 5.84. The SMILES string of the molecule is CCCCOC(=O)N1CCCC(Nc2nccc(-n3c(-c4ccc5c(c4)OCCO5)nc4cc(OC)ccc43)n2)C1. The number of carbonyl (C=O) groups excluding carboxylic acids is 1. The summed E-state index contributed by atoms with van der Waals surface area (Å²) in [6, 6.07) is 13.5. The molecule has 1 N–H and O–H groups in total. The number of hydrogen-bond donors (Lipinski definition) is 1. The maximum atomic E-state index is 12.5. The molecule has 2 aliphatic rings. The fraction of sp³-hybridized carbons (Fsp3) is 0.400. The van der Waals surface area contributed by atoms with Crippen LogP contribution in [0.1, 0.15) is 32.6 Å². The second-order valence-electron chi connectivity index (χ2n) is 10.1. The Bertz CT molecular complexity index is 1540. The Balaban J connectivity index is 1.30. The van der Waals surface area contributed by atoms with Gasteiger partial charge in [-0.25, -0.2) is 14.8 Å². The maximum Gasteiger partial charge on any atom is 0.409 e. The normalized spacial score (nSPS) is 16.4. The summed E-state index contributed by atoms with van der Waals surface area (Å²) in [6.45, 7) is 4.78. The lowest BCUT2D eigenvalue weighted by molar-refractivity contribution is 0.0920. The molecule has 2 aliphatic heterocycles. The number of piperidine rings is 1. The number of likely N-dealkylation sites (tertiary alicyclic amines) is 1. The Morgan fingerprint density at radius 2 is 1.98 bits per heavy atom. The number of rotatable bonds is 8. The zero-order valence-corrected chi connectivity index (χ0v) is 23.3. The van der Waals surface area contributed by atoms with Crippen LogP contribution in [0, 0.1) is 0 Å². The lowest BCUT2D eigenvalue weighted by Gasteiger charge is -2.32. The number of aromatic nitrogens is 4. The van der Waals surface area contributed by atoms with Gasteiger partial charge in [0.25, 0.3) is 0 Å². The van der Waals surface area contributed by atoms with Crippen molar-refractivity contribution in [2.45, 2.75) is 38.6 Å². The molecule has 6 rings (SSSR count). The summed E-state index contributed by atoms with van der Waals surface area (Å²) in [6.07, 6.45) is 5.11. The third kappa shape index (κ3) is 5.70. The third-order valence-electron chi connectivity index (χ3n) is 7.27. The standard InChI is InChI=1S/C30H34N6O5/c1-3-4-14-41-30(37)35-13-5-6-21(19-35)32-29-31-12-11-27(34-29)36-24-9-8-22(38-2)18-23(24)33-28(36)20-7-10-25-26(17-20)40-16-15-39-25/h7-12,17-18,21H,3-6,13-16,19H2,1-2H3,(H,31,32,34). The van der Waals surface area contributed by atoms with Gasteiger partial charge in [-0.15, -0.1) is 0 Å². The monoisotopic (exact) mass is 558 g/mol. The van der Waals surface area contributed by atoms with Crippen molar-refractivity contribution in [1.82, 2.24) is 24.4 Å². The van der Waals surface area contributed by atoms with Gasteiger partial charge in [0, 0.05) is 37.0 Å². The van der Waals surface area contributed by atoms with Crippen molar-refractivity contribution in [3.8, 4) is 34.5 Å². The number of nitrogens with one attached hydrogen (secondary N) is 1. The Morgan fingerprint density at radius 3 is 2.83 bits per heavy atom. The number of anilines is 1. The second-order valence-corrected chi connectivity index (χ2v) is 10.1. The quantitative estimate of drug-likeness (QED) is 0.296. The van der Waals surface area contributed by atoms with E-state index >= 15 is 0 Å². The molecule has 1 atom stereocenters. The molecule has 2 aromatic carbocycles. The van der Waals surface area contributed by atoms with Gasteiger partial charge in [0.1, 0.15) is 30.6 Å². The number of benzene rings is 2. The van der Waals surface area contributed by atoms with Gasteiger partial charge in [0.05, 0.1) is 24.8 Å². The first-order chi connectivity index (χ1) is 20.1. The predicted molar refractivity (Wildman–Crippen MR) is 154 cm³/mol. The van der Waals surface area contributed by atoms with Crippen molar-refractivity contribution in [1.29, 1.82) is 0 Å². The number of ether oxygens (including phenoxy) is 4. The van der Waals surface area contributed by atoms with Crippen LogP contribution in [0.4, 0.5) is 10.7 Å². The summed E-state index contributed by atoms with van der Waals surface area (Å²) in [5.41, 5.74) is 2.51. The number of amides is 1. The van der Waals surface area contributed by atoms with Crippen LogP contribution >= 0.6 is 0 Å². The van der Waals surface area contributed by atoms with Gasteiger partial charge in [-0.1, -0.05) is 13.3 Å². The molecule has 0 saturated carbocycles. The van der Waals surface area contributed by atoms with Crippen molar-refractivity contribution in [2.75, 3.05) is 45.3 Å². The van der Waals surface area contributed by atoms with Crippen LogP contribution in [-0.4, -0.2) is 76.6 Å². The summed E-state index contributed by atoms with van der Waals surface area (Å²) in [4.78, 5) is 28.6. The minimum absolute atomic E-state index is 0.0128. The molecule has 41 heavy (non-hydrogen) atoms. The Morgan fingerprint density at radius 1 is 1.10 bits per heavy atom. The van der Waals surface area contributed by atoms with E-state index < -0.39 is 0 Å². The lowest BCUT2D eigenvalue weighted by Crippen LogP contribution is -2.45. The van der Waals surface area contributed by atoms with Crippen molar-refractivity contribution >= 4 is 23.1 Å². The number of fused-ring (bicyclic) bond motifs is 2. The number of imidazole rings is 1. The van der Waals surface area contributed by atoms with Gasteiger partial charge in [0.2, 0.25) is 5.95 Å². The molecule has 11 heteroatoms. The highest BCUT2D eigenvalue weighted by Crippen LogP contribution is 2.36. The highest BCUT2D eigenvalue weighted by Gasteiger charge is 2.26. The van der Waals surface area contributed by atoms with E-state index in [0.717, 1.165) is 48.0 Å². The van der Waals surface area contributed by atoms with Crippen LogP contribution in [0.2, 0.25) is 0 Å². The summed E-state index contributed by atoms with van der Waals surface area (Å²) in [5, 5.41) is 3.44. The van der Waals surface area contributed by atoms with Crippen molar-refractivity contribution in [2.24, 2.45) is 0 Å². The van der Waals surface area contributed by atoms with E-state index in [1.807, 2.05) is 47.0 Å². The fourth-order valence-corrected chi connectivity index (χ4v) is 5.18. The minimum atomic E-state index is -0.260. The van der Waals surface area contributed by atoms with E-state index in [2.05, 4.69) is 17.2 Å². The van der Waals surface area contributed by atoms with Crippen LogP contribution < -0.4 is 19.5 Å². The molecule has 1 fully saturated rings. The summed E-state index contributed by atoms with van der Waals surface area (Å²) in [5.74, 6) is 3.96. The van der Waals surface area contributed by atoms with Crippen LogP contribution in [0.5, 0.6) is 17.2 Å². The number of methoxy groups -OCH3 is 1. The molecule has 214 valence electrons. The average Bonchev–Trinajstić information content (AvgIpc) is 3.40. The zero-order chi connectivity index (χ0) is 28.2. The smallest absolute Gasteiger partial charge is 0.409 e. The van der Waals surface area contributed by atoms with Crippen LogP contribution in [-0.2, 0) is 4.74 Å². The minimum Gasteiger partial charge on any atom is -0.497 e. The number of carbonyl (C=O) groups is 1. The molecule has 4 heterocycles. The van der Waals surface area contributed by atoms with Gasteiger partial charge >= 0.3 is 6.09 Å². The highest BCUT2D eigenvalue weighted by atomic mass is 16.6. The van der Waals surface area contributed by atoms with E-state index in [-0.39, 0.29) is 12.1 Å². The number of nitrogens with zero attached hydrogens (tertiary/aromatic N) is 5. The summed E-state index contributed by atoms with van der Waals surface area (Å²) in [7, 11) is 1.64. The molecule has 0 radical (unpaired) electrons. The molecular formula is C30H34N6O5. The molecule has 1 saturated heterocycles. The Kier molecular flexibility index (Phi) is 7.75. The third-order valence-corrected chi connectivity index (χ3v) is 7.27. The number of unbranched alkanes of at least 4 members (excludes halogenated alkanes) is 1. The zero-order valence-electron chi connectivity index (χ0n) is 23.3. The molecule has 4 aromatic rings. The molecular weight excluding hydrogens is 524 g/mol. The molecule has 1 amide bonds. The van der Waals surface area contributed by atoms with Crippen molar-refractivity contribution < 1.29 is 23.7 Å². The van der Waals surface area contributed by atoms with Gasteiger partial charge in [-0.3, -0.25) is 4.57 Å². The maximum absolute atomic E-state index is 12.5. The number of hydrogen-bond acceptors (Lipinski definition) is 9. The van der Waals surface area contributed by atoms with Gasteiger partial charge in [-0.05, 0) is 55.7 Å². The van der Waals surface area contributed by atoms with E-state index in [0.29, 0.717) is 62.0 Å². The Hall–Kier alpha value is -4.54. The van der Waals surface area contributed by atoms with E-state index in [4.69, 9.17) is 28.9 Å². The largest absolute Gasteiger partial charge is 0.497 e. The topological polar surface area (TPSA) is 113 Å². The van der Waals surface area contributed by atoms with Crippen LogP contribution in [0.25, 0.3) is 28.2 Å². The lowest BCUT2D eigenvalue weighted by atomic mass is 10.1. The predicted octanol–water partition coefficient (Wildman–Crippen LogP) is 5.08. The molecule has 0 spiro atoms. The molecule has 11 nitrogen and oxygen atoms in total. The second kappa shape index (κ2) is 11.9. The first-order valence-electron chi connectivity index (χ1n) is 14.1. The summed E-state index contributed by atoms with van der Waals surface area (Å²) >= 11 is 0. The fourth-order valence-electron chi connectivity index (χ4n) is 5.18. The van der Waals surface area contributed by atoms with Gasteiger partial charge < -0.3 is 29.2 Å². The van der Waals surface area contributed by atoms with Crippen LogP contribution in [0.15, 0.2) is 48.7 Å². The first-order valence-corrected chi connectivity index (χ1v) is 14.1. The summed E-state index contributed by atoms with van der Waals surface area (Å²) < 4.78 is 24.5. The van der Waals surface area contributed by atoms with Crippen molar-refractivity contribution in [3.63, 3.8) is 0 Å². The molecule has 1 unspecified atom stereocenters. The van der Waals surface area contributed by atoms with Gasteiger partial charge in [0.15, 0.2) is 11.5 Å². The van der Waals surface area contributed by atoms with Gasteiger partial charge in [-0.2, -0.15) is 4.98 Å². The molecule has 2 aromatic heterocycles. The van der Waals surface area contributed by atoms with E-state index in [1.54, 1.807) is 18.2 Å². The first kappa shape index (κ1) is 26.7. The molecule has 0 bridgehead atoms. The van der Waals surface area contributed by atoms with Crippen LogP contribution in [0.3, 0.4) is 0 Å². The average molecular weight is 559 g/mol. The molecule has 0 aliphatic carbocycles. The van der Waals surface area contributed by atoms with Crippen molar-refractivity contribution in [3.05, 3.63) is 48.7 Å². The van der Waals surface area contributed by atoms with E-state index in [1.165, 1.54) is 0 Å².